The van der Waals surface area contributed by atoms with E-state index in [0.29, 0.717) is 0 Å². The number of imidazole rings is 1. The number of nitrogens with one attached hydrogen (secondary N) is 1. The molecule has 1 saturated heterocycles. The van der Waals surface area contributed by atoms with Gasteiger partial charge in [-0.05, 0) is 38.5 Å². The van der Waals surface area contributed by atoms with Gasteiger partial charge in [0.15, 0.2) is 0 Å². The summed E-state index contributed by atoms with van der Waals surface area (Å²) in [6.07, 6.45) is 4.36. The summed E-state index contributed by atoms with van der Waals surface area (Å²) in [6.45, 7) is 4.30. The molecule has 0 atom stereocenters. The number of hydrogen-bond acceptors (Lipinski definition) is 3. The van der Waals surface area contributed by atoms with Crippen molar-refractivity contribution >= 4 is 0 Å². The van der Waals surface area contributed by atoms with Crippen LogP contribution in [0.5, 0.6) is 0 Å². The normalized spacial score (nSPS) is 21.4. The highest BCUT2D eigenvalue weighted by Gasteiger charge is 2.44. The van der Waals surface area contributed by atoms with Crippen LogP contribution >= 0.6 is 0 Å². The van der Waals surface area contributed by atoms with Gasteiger partial charge in [-0.3, -0.25) is 4.90 Å². The number of nitrogens with zero attached hydrogens (tertiary/aromatic N) is 3. The maximum atomic E-state index is 4.85. The quantitative estimate of drug-likeness (QED) is 0.869. The summed E-state index contributed by atoms with van der Waals surface area (Å²) in [7, 11) is 2.26. The van der Waals surface area contributed by atoms with E-state index in [2.05, 4.69) is 58.4 Å². The van der Waals surface area contributed by atoms with Gasteiger partial charge in [0.25, 0.3) is 0 Å². The number of aromatic nitrogens is 2. The van der Waals surface area contributed by atoms with Crippen molar-refractivity contribution in [2.45, 2.75) is 24.9 Å². The predicted molar refractivity (Wildman–Crippen MR) is 84.1 cm³/mol. The van der Waals surface area contributed by atoms with E-state index < -0.39 is 0 Å². The van der Waals surface area contributed by atoms with Crippen LogP contribution < -0.4 is 5.32 Å². The molecule has 1 N–H and O–H groups in total. The van der Waals surface area contributed by atoms with Crippen LogP contribution in [0.15, 0.2) is 36.5 Å². The molecule has 2 aromatic rings. The van der Waals surface area contributed by atoms with Gasteiger partial charge >= 0.3 is 0 Å². The van der Waals surface area contributed by atoms with E-state index in [0.717, 1.165) is 39.0 Å². The van der Waals surface area contributed by atoms with Gasteiger partial charge < -0.3 is 9.88 Å². The van der Waals surface area contributed by atoms with Gasteiger partial charge in [0.05, 0.1) is 17.4 Å². The van der Waals surface area contributed by atoms with Crippen molar-refractivity contribution in [2.24, 2.45) is 0 Å². The van der Waals surface area contributed by atoms with Crippen molar-refractivity contribution in [2.75, 3.05) is 26.7 Å². The van der Waals surface area contributed by atoms with Gasteiger partial charge in [0, 0.05) is 13.1 Å². The summed E-state index contributed by atoms with van der Waals surface area (Å²) in [5.74, 6) is 1.26. The Morgan fingerprint density at radius 3 is 2.62 bits per heavy atom. The largest absolute Gasteiger partial charge is 0.325 e. The molecule has 0 saturated carbocycles. The zero-order valence-electron chi connectivity index (χ0n) is 12.5. The van der Waals surface area contributed by atoms with Crippen LogP contribution in [0.25, 0.3) is 11.3 Å². The molecular weight excluding hydrogens is 260 g/mol. The third-order valence-corrected chi connectivity index (χ3v) is 5.16. The van der Waals surface area contributed by atoms with E-state index in [1.165, 1.54) is 17.1 Å². The highest BCUT2D eigenvalue weighted by Crippen LogP contribution is 2.39. The smallest absolute Gasteiger partial charge is 0.129 e. The Kier molecular flexibility index (Phi) is 3.08. The molecule has 0 bridgehead atoms. The fourth-order valence-corrected chi connectivity index (χ4v) is 3.89. The first-order chi connectivity index (χ1) is 10.3. The Morgan fingerprint density at radius 2 is 1.86 bits per heavy atom. The lowest BCUT2D eigenvalue weighted by molar-refractivity contribution is 0.0440. The molecule has 1 aromatic heterocycles. The van der Waals surface area contributed by atoms with Crippen LogP contribution in [0.4, 0.5) is 0 Å². The lowest BCUT2D eigenvalue weighted by atomic mass is 9.84. The second kappa shape index (κ2) is 4.97. The Morgan fingerprint density at radius 1 is 1.10 bits per heavy atom. The average Bonchev–Trinajstić information content (AvgIpc) is 2.98. The third kappa shape index (κ3) is 1.93. The Balaban J connectivity index is 1.82. The fraction of sp³-hybridized carbons (Fsp3) is 0.471. The lowest BCUT2D eigenvalue weighted by Gasteiger charge is -2.47. The highest BCUT2D eigenvalue weighted by molar-refractivity contribution is 5.59. The second-order valence-corrected chi connectivity index (χ2v) is 6.19. The minimum Gasteiger partial charge on any atom is -0.325 e. The molecule has 110 valence electrons. The molecule has 4 rings (SSSR count). The van der Waals surface area contributed by atoms with Crippen molar-refractivity contribution in [1.29, 1.82) is 0 Å². The number of piperidine rings is 1. The van der Waals surface area contributed by atoms with Crippen molar-refractivity contribution in [3.63, 3.8) is 0 Å². The molecule has 1 aromatic carbocycles. The fourth-order valence-electron chi connectivity index (χ4n) is 3.89. The number of likely N-dealkylation sites (N-methyl/N-ethyl adjacent to an activating group) is 1. The van der Waals surface area contributed by atoms with Crippen LogP contribution in [0, 0.1) is 0 Å². The molecule has 4 nitrogen and oxygen atoms in total. The third-order valence-electron chi connectivity index (χ3n) is 5.16. The van der Waals surface area contributed by atoms with E-state index >= 15 is 0 Å². The lowest BCUT2D eigenvalue weighted by Crippen LogP contribution is -2.55. The van der Waals surface area contributed by atoms with E-state index in [1.807, 2.05) is 0 Å². The van der Waals surface area contributed by atoms with E-state index in [9.17, 15) is 0 Å². The minimum absolute atomic E-state index is 0.122. The summed E-state index contributed by atoms with van der Waals surface area (Å²) in [5.41, 5.74) is 2.65. The Hall–Kier alpha value is -1.65. The zero-order valence-corrected chi connectivity index (χ0v) is 12.5. The first-order valence-electron chi connectivity index (χ1n) is 7.85. The first-order valence-corrected chi connectivity index (χ1v) is 7.85. The SMILES string of the molecule is CN1CCn2c(-c3ccccc3)cnc2C12CCNCC2. The predicted octanol–water partition coefficient (Wildman–Crippen LogP) is 2.07. The zero-order chi connectivity index (χ0) is 14.3. The molecule has 4 heteroatoms. The summed E-state index contributed by atoms with van der Waals surface area (Å²) < 4.78 is 2.45. The molecule has 21 heavy (non-hydrogen) atoms. The van der Waals surface area contributed by atoms with E-state index in [1.54, 1.807) is 0 Å². The molecule has 0 amide bonds. The summed E-state index contributed by atoms with van der Waals surface area (Å²) in [4.78, 5) is 7.37. The van der Waals surface area contributed by atoms with Gasteiger partial charge in [0.2, 0.25) is 0 Å². The van der Waals surface area contributed by atoms with Crippen LogP contribution in [-0.4, -0.2) is 41.1 Å². The van der Waals surface area contributed by atoms with Crippen molar-refractivity contribution < 1.29 is 0 Å². The van der Waals surface area contributed by atoms with Gasteiger partial charge in [-0.2, -0.15) is 0 Å². The van der Waals surface area contributed by atoms with Gasteiger partial charge in [0.1, 0.15) is 5.82 Å². The van der Waals surface area contributed by atoms with Crippen LogP contribution in [0.1, 0.15) is 18.7 Å². The Labute approximate surface area is 125 Å². The molecule has 0 radical (unpaired) electrons. The molecule has 0 aliphatic carbocycles. The Bertz CT molecular complexity index is 625. The van der Waals surface area contributed by atoms with Crippen LogP contribution in [0.3, 0.4) is 0 Å². The topological polar surface area (TPSA) is 33.1 Å². The van der Waals surface area contributed by atoms with Crippen LogP contribution in [-0.2, 0) is 12.1 Å². The van der Waals surface area contributed by atoms with Crippen molar-refractivity contribution in [1.82, 2.24) is 19.8 Å². The van der Waals surface area contributed by atoms with Crippen LogP contribution in [0.2, 0.25) is 0 Å². The van der Waals surface area contributed by atoms with Crippen molar-refractivity contribution in [3.05, 3.63) is 42.4 Å². The molecule has 2 aliphatic heterocycles. The van der Waals surface area contributed by atoms with E-state index in [-0.39, 0.29) is 5.54 Å². The first kappa shape index (κ1) is 13.0. The molecule has 0 unspecified atom stereocenters. The minimum atomic E-state index is 0.122. The maximum Gasteiger partial charge on any atom is 0.129 e. The second-order valence-electron chi connectivity index (χ2n) is 6.19. The highest BCUT2D eigenvalue weighted by atomic mass is 15.3. The molecule has 2 aliphatic rings. The average molecular weight is 282 g/mol. The standard InChI is InChI=1S/C17H22N4/c1-20-11-12-21-15(14-5-3-2-4-6-14)13-19-16(21)17(20)7-9-18-10-8-17/h2-6,13,18H,7-12H2,1H3. The van der Waals surface area contributed by atoms with Gasteiger partial charge in [-0.15, -0.1) is 0 Å². The van der Waals surface area contributed by atoms with E-state index in [4.69, 9.17) is 4.98 Å². The summed E-state index contributed by atoms with van der Waals surface area (Å²) in [6, 6.07) is 10.6. The monoisotopic (exact) mass is 282 g/mol. The summed E-state index contributed by atoms with van der Waals surface area (Å²) >= 11 is 0. The molecule has 1 spiro atoms. The van der Waals surface area contributed by atoms with Gasteiger partial charge in [-0.25, -0.2) is 4.98 Å². The van der Waals surface area contributed by atoms with Crippen molar-refractivity contribution in [3.8, 4) is 11.3 Å². The number of hydrogen-bond donors (Lipinski definition) is 1. The summed E-state index contributed by atoms with van der Waals surface area (Å²) in [5, 5.41) is 3.48. The number of fused-ring (bicyclic) bond motifs is 2. The number of benzene rings is 1. The number of rotatable bonds is 1. The molecule has 1 fully saturated rings. The molecular formula is C17H22N4. The molecule has 3 heterocycles. The van der Waals surface area contributed by atoms with Gasteiger partial charge in [-0.1, -0.05) is 30.3 Å². The maximum absolute atomic E-state index is 4.85.